The number of methoxy groups -OCH3 is 1. The molecule has 194 valence electrons. The highest BCUT2D eigenvalue weighted by Crippen LogP contribution is 2.42. The lowest BCUT2D eigenvalue weighted by atomic mass is 9.94. The zero-order valence-corrected chi connectivity index (χ0v) is 21.1. The largest absolute Gasteiger partial charge is 0.507 e. The molecule has 0 radical (unpaired) electrons. The molecule has 1 unspecified atom stereocenters. The number of aliphatic hydroxyl groups is 1. The highest BCUT2D eigenvalue weighted by atomic mass is 16.5. The summed E-state index contributed by atoms with van der Waals surface area (Å²) >= 11 is 0. The topological polar surface area (TPSA) is 112 Å². The van der Waals surface area contributed by atoms with Gasteiger partial charge in [-0.1, -0.05) is 24.3 Å². The Labute approximate surface area is 219 Å². The van der Waals surface area contributed by atoms with E-state index in [1.165, 1.54) is 18.1 Å². The van der Waals surface area contributed by atoms with Crippen molar-refractivity contribution in [3.05, 3.63) is 95.2 Å². The number of likely N-dealkylation sites (tertiary alicyclic amines) is 1. The molecule has 1 fully saturated rings. The Balaban J connectivity index is 1.58. The zero-order valence-electron chi connectivity index (χ0n) is 21.1. The number of amides is 1. The quantitative estimate of drug-likeness (QED) is 0.175. The number of fused-ring (bicyclic) bond motifs is 1. The molecule has 8 heteroatoms. The van der Waals surface area contributed by atoms with Crippen molar-refractivity contribution < 1.29 is 29.3 Å². The van der Waals surface area contributed by atoms with E-state index in [-0.39, 0.29) is 29.4 Å². The molecule has 1 atom stereocenters. The number of para-hydroxylation sites is 1. The van der Waals surface area contributed by atoms with E-state index in [1.54, 1.807) is 43.3 Å². The number of phenolic OH excluding ortho intramolecular Hbond substituents is 1. The summed E-state index contributed by atoms with van der Waals surface area (Å²) in [4.78, 5) is 31.4. The highest BCUT2D eigenvalue weighted by Gasteiger charge is 2.46. The number of nitrogens with one attached hydrogen (secondary N) is 1. The Morgan fingerprint density at radius 1 is 1.05 bits per heavy atom. The lowest BCUT2D eigenvalue weighted by Crippen LogP contribution is -2.31. The van der Waals surface area contributed by atoms with Gasteiger partial charge < -0.3 is 29.6 Å². The standard InChI is InChI=1S/C30H28N2O6/c1-3-38-25-16-19(10-13-24(25)33)27-26(28(34)18-8-11-21(37-2)12-9-18)29(35)30(36)32(27)15-14-20-17-31-23-7-5-4-6-22(20)23/h4-13,16-17,27,31,33-34H,3,14-15H2,1-2H3/b28-26+. The molecule has 3 N–H and O–H groups in total. The van der Waals surface area contributed by atoms with E-state index in [2.05, 4.69) is 4.98 Å². The second kappa shape index (κ2) is 10.3. The van der Waals surface area contributed by atoms with Crippen LogP contribution in [0.4, 0.5) is 0 Å². The number of carbonyl (C=O) groups is 2. The van der Waals surface area contributed by atoms with Crippen LogP contribution in [0.15, 0.2) is 78.5 Å². The van der Waals surface area contributed by atoms with Crippen molar-refractivity contribution in [3.63, 3.8) is 0 Å². The maximum absolute atomic E-state index is 13.4. The number of aromatic nitrogens is 1. The van der Waals surface area contributed by atoms with E-state index in [1.807, 2.05) is 30.5 Å². The molecule has 1 aliphatic rings. The first-order chi connectivity index (χ1) is 18.4. The number of Topliss-reactive ketones (excluding diaryl/α,β-unsaturated/α-hetero) is 1. The van der Waals surface area contributed by atoms with Gasteiger partial charge in [0, 0.05) is 29.2 Å². The summed E-state index contributed by atoms with van der Waals surface area (Å²) < 4.78 is 10.8. The lowest BCUT2D eigenvalue weighted by Gasteiger charge is -2.26. The minimum atomic E-state index is -0.873. The molecule has 3 aromatic carbocycles. The average molecular weight is 513 g/mol. The van der Waals surface area contributed by atoms with Gasteiger partial charge in [0.05, 0.1) is 25.3 Å². The van der Waals surface area contributed by atoms with E-state index in [9.17, 15) is 19.8 Å². The van der Waals surface area contributed by atoms with Gasteiger partial charge in [-0.05, 0) is 66.9 Å². The minimum absolute atomic E-state index is 0.0211. The van der Waals surface area contributed by atoms with Crippen LogP contribution in [0.25, 0.3) is 16.7 Å². The molecule has 0 bridgehead atoms. The van der Waals surface area contributed by atoms with Crippen LogP contribution < -0.4 is 9.47 Å². The van der Waals surface area contributed by atoms with Crippen LogP contribution in [-0.4, -0.2) is 52.0 Å². The number of aliphatic hydroxyl groups excluding tert-OH is 1. The Bertz CT molecular complexity index is 1540. The maximum Gasteiger partial charge on any atom is 0.295 e. The number of rotatable bonds is 8. The van der Waals surface area contributed by atoms with Gasteiger partial charge >= 0.3 is 0 Å². The van der Waals surface area contributed by atoms with E-state index in [0.717, 1.165) is 16.5 Å². The normalized spacial score (nSPS) is 16.8. The predicted octanol–water partition coefficient (Wildman–Crippen LogP) is 4.95. The number of carbonyl (C=O) groups excluding carboxylic acids is 2. The fourth-order valence-corrected chi connectivity index (χ4v) is 4.91. The second-order valence-corrected chi connectivity index (χ2v) is 8.99. The third-order valence-electron chi connectivity index (χ3n) is 6.80. The molecule has 38 heavy (non-hydrogen) atoms. The smallest absolute Gasteiger partial charge is 0.295 e. The van der Waals surface area contributed by atoms with Crippen LogP contribution in [0.1, 0.15) is 29.7 Å². The van der Waals surface area contributed by atoms with Crippen LogP contribution in [0, 0.1) is 0 Å². The van der Waals surface area contributed by atoms with Crippen molar-refractivity contribution in [1.29, 1.82) is 0 Å². The van der Waals surface area contributed by atoms with Crippen molar-refractivity contribution in [3.8, 4) is 17.2 Å². The summed E-state index contributed by atoms with van der Waals surface area (Å²) in [6, 6.07) is 18.3. The van der Waals surface area contributed by atoms with Gasteiger partial charge in [-0.2, -0.15) is 0 Å². The Hall–Kier alpha value is -4.72. The van der Waals surface area contributed by atoms with Gasteiger partial charge in [0.15, 0.2) is 11.5 Å². The first-order valence-electron chi connectivity index (χ1n) is 12.4. The van der Waals surface area contributed by atoms with Gasteiger partial charge in [-0.25, -0.2) is 0 Å². The monoisotopic (exact) mass is 512 g/mol. The fraction of sp³-hybridized carbons (Fsp3) is 0.200. The van der Waals surface area contributed by atoms with Crippen LogP contribution >= 0.6 is 0 Å². The summed E-state index contributed by atoms with van der Waals surface area (Å²) in [5.41, 5.74) is 2.90. The Morgan fingerprint density at radius 3 is 2.55 bits per heavy atom. The Kier molecular flexibility index (Phi) is 6.79. The molecule has 0 aliphatic carbocycles. The van der Waals surface area contributed by atoms with Crippen molar-refractivity contribution in [1.82, 2.24) is 9.88 Å². The van der Waals surface area contributed by atoms with Crippen molar-refractivity contribution >= 4 is 28.4 Å². The number of hydrogen-bond donors (Lipinski definition) is 3. The molecular formula is C30H28N2O6. The number of aromatic amines is 1. The first-order valence-corrected chi connectivity index (χ1v) is 12.4. The molecule has 1 aromatic heterocycles. The summed E-state index contributed by atoms with van der Waals surface area (Å²) in [5.74, 6) is -0.976. The molecule has 8 nitrogen and oxygen atoms in total. The number of phenols is 1. The average Bonchev–Trinajstić information content (AvgIpc) is 3.46. The summed E-state index contributed by atoms with van der Waals surface area (Å²) in [5, 5.41) is 22.6. The number of benzene rings is 3. The lowest BCUT2D eigenvalue weighted by molar-refractivity contribution is -0.139. The molecule has 1 amide bonds. The number of nitrogens with zero attached hydrogens (tertiary/aromatic N) is 1. The van der Waals surface area contributed by atoms with E-state index in [0.29, 0.717) is 29.9 Å². The number of aromatic hydroxyl groups is 1. The molecule has 0 spiro atoms. The molecule has 1 saturated heterocycles. The van der Waals surface area contributed by atoms with E-state index in [4.69, 9.17) is 9.47 Å². The van der Waals surface area contributed by atoms with Gasteiger partial charge in [0.1, 0.15) is 11.5 Å². The van der Waals surface area contributed by atoms with Gasteiger partial charge in [0.2, 0.25) is 0 Å². The van der Waals surface area contributed by atoms with Crippen molar-refractivity contribution in [2.24, 2.45) is 0 Å². The second-order valence-electron chi connectivity index (χ2n) is 8.99. The SMILES string of the molecule is CCOc1cc(C2/C(=C(\O)c3ccc(OC)cc3)C(=O)C(=O)N2CCc2c[nH]c3ccccc23)ccc1O. The number of ketones is 1. The van der Waals surface area contributed by atoms with Crippen LogP contribution in [-0.2, 0) is 16.0 Å². The minimum Gasteiger partial charge on any atom is -0.507 e. The van der Waals surface area contributed by atoms with Crippen LogP contribution in [0.5, 0.6) is 17.2 Å². The van der Waals surface area contributed by atoms with Gasteiger partial charge in [-0.3, -0.25) is 9.59 Å². The molecule has 1 aliphatic heterocycles. The van der Waals surface area contributed by atoms with Crippen molar-refractivity contribution in [2.45, 2.75) is 19.4 Å². The van der Waals surface area contributed by atoms with Crippen LogP contribution in [0.2, 0.25) is 0 Å². The first kappa shape index (κ1) is 25.0. The number of H-pyrrole nitrogens is 1. The maximum atomic E-state index is 13.4. The molecule has 5 rings (SSSR count). The Morgan fingerprint density at radius 2 is 1.82 bits per heavy atom. The van der Waals surface area contributed by atoms with Crippen molar-refractivity contribution in [2.75, 3.05) is 20.3 Å². The number of ether oxygens (including phenoxy) is 2. The summed E-state index contributed by atoms with van der Waals surface area (Å²) in [6.07, 6.45) is 2.40. The summed E-state index contributed by atoms with van der Waals surface area (Å²) in [6.45, 7) is 2.36. The van der Waals surface area contributed by atoms with Gasteiger partial charge in [0.25, 0.3) is 11.7 Å². The predicted molar refractivity (Wildman–Crippen MR) is 143 cm³/mol. The molecule has 4 aromatic rings. The molecule has 0 saturated carbocycles. The highest BCUT2D eigenvalue weighted by molar-refractivity contribution is 6.46. The third-order valence-corrected chi connectivity index (χ3v) is 6.80. The van der Waals surface area contributed by atoms with Crippen LogP contribution in [0.3, 0.4) is 0 Å². The number of hydrogen-bond acceptors (Lipinski definition) is 6. The van der Waals surface area contributed by atoms with E-state index < -0.39 is 17.7 Å². The zero-order chi connectivity index (χ0) is 26.8. The van der Waals surface area contributed by atoms with Gasteiger partial charge in [-0.15, -0.1) is 0 Å². The summed E-state index contributed by atoms with van der Waals surface area (Å²) in [7, 11) is 1.54. The molecular weight excluding hydrogens is 484 g/mol. The molecule has 2 heterocycles. The fourth-order valence-electron chi connectivity index (χ4n) is 4.91. The third kappa shape index (κ3) is 4.45. The van der Waals surface area contributed by atoms with E-state index >= 15 is 0 Å².